The minimum Gasteiger partial charge on any atom is -0.469 e. The van der Waals surface area contributed by atoms with Gasteiger partial charge in [0.1, 0.15) is 0 Å². The molecular formula is C22H22N4O2S. The number of hydrogen-bond acceptors (Lipinski definition) is 4. The molecule has 7 heteroatoms. The maximum atomic E-state index is 11.8. The molecule has 1 aromatic carbocycles. The zero-order valence-electron chi connectivity index (χ0n) is 16.1. The van der Waals surface area contributed by atoms with Crippen molar-refractivity contribution in [3.8, 4) is 5.69 Å². The second kappa shape index (κ2) is 8.45. The molecule has 2 aromatic heterocycles. The number of hydrogen-bond donors (Lipinski definition) is 1. The lowest BCUT2D eigenvalue weighted by atomic mass is 10.0. The number of nitrogens with one attached hydrogen (secondary N) is 1. The molecule has 0 spiro atoms. The molecule has 1 saturated heterocycles. The number of para-hydroxylation sites is 1. The van der Waals surface area contributed by atoms with E-state index in [4.69, 9.17) is 17.0 Å². The summed E-state index contributed by atoms with van der Waals surface area (Å²) in [6.07, 6.45) is 4.08. The summed E-state index contributed by atoms with van der Waals surface area (Å²) in [5.74, 6) is -0.258. The summed E-state index contributed by atoms with van der Waals surface area (Å²) >= 11 is 5.64. The van der Waals surface area contributed by atoms with Gasteiger partial charge in [0.05, 0.1) is 31.3 Å². The van der Waals surface area contributed by atoms with Gasteiger partial charge in [-0.15, -0.1) is 0 Å². The normalized spacial score (nSPS) is 18.5. The average Bonchev–Trinajstić information content (AvgIpc) is 3.37. The molecule has 148 valence electrons. The number of carbonyl (C=O) groups excluding carboxylic acids is 1. The summed E-state index contributed by atoms with van der Waals surface area (Å²) in [6.45, 7) is 0.465. The van der Waals surface area contributed by atoms with Gasteiger partial charge in [-0.2, -0.15) is 0 Å². The Balaban J connectivity index is 1.75. The Bertz CT molecular complexity index is 990. The van der Waals surface area contributed by atoms with Crippen LogP contribution in [0.1, 0.15) is 29.9 Å². The monoisotopic (exact) mass is 406 g/mol. The Morgan fingerprint density at radius 3 is 2.66 bits per heavy atom. The fourth-order valence-electron chi connectivity index (χ4n) is 3.74. The lowest BCUT2D eigenvalue weighted by molar-refractivity contribution is -0.140. The van der Waals surface area contributed by atoms with Gasteiger partial charge in [-0.3, -0.25) is 9.78 Å². The summed E-state index contributed by atoms with van der Waals surface area (Å²) < 4.78 is 6.98. The summed E-state index contributed by atoms with van der Waals surface area (Å²) in [7, 11) is 1.40. The Hall–Kier alpha value is -3.19. The van der Waals surface area contributed by atoms with E-state index in [-0.39, 0.29) is 24.5 Å². The smallest absolute Gasteiger partial charge is 0.307 e. The first-order valence-electron chi connectivity index (χ1n) is 9.46. The molecule has 1 aliphatic heterocycles. The molecule has 29 heavy (non-hydrogen) atoms. The minimum absolute atomic E-state index is 0.114. The van der Waals surface area contributed by atoms with Crippen LogP contribution in [0.3, 0.4) is 0 Å². The van der Waals surface area contributed by atoms with Gasteiger partial charge in [0.25, 0.3) is 0 Å². The van der Waals surface area contributed by atoms with Crippen molar-refractivity contribution >= 4 is 23.3 Å². The van der Waals surface area contributed by atoms with Crippen LogP contribution < -0.4 is 5.32 Å². The first kappa shape index (κ1) is 19.1. The van der Waals surface area contributed by atoms with Crippen molar-refractivity contribution in [2.75, 3.05) is 13.7 Å². The van der Waals surface area contributed by atoms with Crippen LogP contribution in [0.2, 0.25) is 0 Å². The SMILES string of the molecule is COC(=O)CCN1C(=S)N[C@H](c2ccccn2)[C@H]1c1cccn1-c1ccccc1. The maximum absolute atomic E-state index is 11.8. The molecule has 1 N–H and O–H groups in total. The van der Waals surface area contributed by atoms with Crippen LogP contribution in [-0.4, -0.2) is 39.2 Å². The quantitative estimate of drug-likeness (QED) is 0.500. The topological polar surface area (TPSA) is 59.4 Å². The predicted molar refractivity (Wildman–Crippen MR) is 115 cm³/mol. The number of rotatable bonds is 6. The molecule has 1 fully saturated rings. The first-order chi connectivity index (χ1) is 14.2. The number of aromatic nitrogens is 2. The van der Waals surface area contributed by atoms with E-state index in [0.29, 0.717) is 11.7 Å². The van der Waals surface area contributed by atoms with Crippen LogP contribution in [0.4, 0.5) is 0 Å². The second-order valence-electron chi connectivity index (χ2n) is 6.78. The van der Waals surface area contributed by atoms with Gasteiger partial charge in [0, 0.05) is 30.3 Å². The Morgan fingerprint density at radius 1 is 1.14 bits per heavy atom. The molecule has 0 radical (unpaired) electrons. The fourth-order valence-corrected chi connectivity index (χ4v) is 4.07. The van der Waals surface area contributed by atoms with Crippen molar-refractivity contribution in [2.24, 2.45) is 0 Å². The van der Waals surface area contributed by atoms with Gasteiger partial charge >= 0.3 is 5.97 Å². The third-order valence-electron chi connectivity index (χ3n) is 5.10. The van der Waals surface area contributed by atoms with E-state index in [1.54, 1.807) is 6.20 Å². The summed E-state index contributed by atoms with van der Waals surface area (Å²) in [5, 5.41) is 4.02. The molecule has 0 amide bonds. The van der Waals surface area contributed by atoms with Crippen molar-refractivity contribution in [2.45, 2.75) is 18.5 Å². The van der Waals surface area contributed by atoms with Crippen LogP contribution in [-0.2, 0) is 9.53 Å². The maximum Gasteiger partial charge on any atom is 0.307 e. The molecule has 0 saturated carbocycles. The number of thiocarbonyl (C=S) groups is 1. The molecule has 0 aliphatic carbocycles. The second-order valence-corrected chi connectivity index (χ2v) is 7.17. The van der Waals surface area contributed by atoms with E-state index in [1.807, 2.05) is 48.7 Å². The standard InChI is InChI=1S/C22H22N4O2S/c1-28-19(27)12-15-26-21(20(24-22(26)29)17-10-5-6-13-23-17)18-11-7-14-25(18)16-8-3-2-4-9-16/h2-11,13-14,20-21H,12,15H2,1H3,(H,24,29)/t20-,21-/m1/s1. The van der Waals surface area contributed by atoms with E-state index in [1.165, 1.54) is 7.11 Å². The van der Waals surface area contributed by atoms with Crippen molar-refractivity contribution in [1.29, 1.82) is 0 Å². The van der Waals surface area contributed by atoms with E-state index < -0.39 is 0 Å². The van der Waals surface area contributed by atoms with Crippen LogP contribution >= 0.6 is 12.2 Å². The third kappa shape index (κ3) is 3.86. The number of carbonyl (C=O) groups is 1. The number of methoxy groups -OCH3 is 1. The van der Waals surface area contributed by atoms with Gasteiger partial charge < -0.3 is 19.5 Å². The van der Waals surface area contributed by atoms with Crippen LogP contribution in [0.25, 0.3) is 5.69 Å². The molecular weight excluding hydrogens is 384 g/mol. The highest BCUT2D eigenvalue weighted by atomic mass is 32.1. The zero-order chi connectivity index (χ0) is 20.2. The number of esters is 1. The van der Waals surface area contributed by atoms with Crippen molar-refractivity contribution in [3.63, 3.8) is 0 Å². The van der Waals surface area contributed by atoms with E-state index in [0.717, 1.165) is 17.1 Å². The Labute approximate surface area is 175 Å². The van der Waals surface area contributed by atoms with Crippen molar-refractivity contribution in [3.05, 3.63) is 84.4 Å². The lowest BCUT2D eigenvalue weighted by Gasteiger charge is -2.28. The van der Waals surface area contributed by atoms with Gasteiger partial charge in [-0.05, 0) is 48.6 Å². The summed E-state index contributed by atoms with van der Waals surface area (Å²) in [6, 6.07) is 19.9. The summed E-state index contributed by atoms with van der Waals surface area (Å²) in [5.41, 5.74) is 3.04. The van der Waals surface area contributed by atoms with E-state index in [2.05, 4.69) is 38.0 Å². The molecule has 0 bridgehead atoms. The highest BCUT2D eigenvalue weighted by Gasteiger charge is 2.41. The molecule has 0 unspecified atom stereocenters. The highest BCUT2D eigenvalue weighted by molar-refractivity contribution is 7.80. The lowest BCUT2D eigenvalue weighted by Crippen LogP contribution is -2.32. The number of benzene rings is 1. The van der Waals surface area contributed by atoms with Crippen molar-refractivity contribution in [1.82, 2.24) is 19.8 Å². The number of pyridine rings is 1. The van der Waals surface area contributed by atoms with Gasteiger partial charge in [-0.1, -0.05) is 24.3 Å². The Kier molecular flexibility index (Phi) is 5.57. The van der Waals surface area contributed by atoms with Gasteiger partial charge in [0.2, 0.25) is 0 Å². The largest absolute Gasteiger partial charge is 0.469 e. The third-order valence-corrected chi connectivity index (χ3v) is 5.45. The zero-order valence-corrected chi connectivity index (χ0v) is 16.9. The molecule has 3 heterocycles. The van der Waals surface area contributed by atoms with Gasteiger partial charge in [-0.25, -0.2) is 0 Å². The first-order valence-corrected chi connectivity index (χ1v) is 9.87. The molecule has 3 aromatic rings. The highest BCUT2D eigenvalue weighted by Crippen LogP contribution is 2.39. The van der Waals surface area contributed by atoms with Gasteiger partial charge in [0.15, 0.2) is 5.11 Å². The molecule has 1 aliphatic rings. The van der Waals surface area contributed by atoms with Crippen LogP contribution in [0.5, 0.6) is 0 Å². The molecule has 6 nitrogen and oxygen atoms in total. The number of ether oxygens (including phenoxy) is 1. The number of nitrogens with zero attached hydrogens (tertiary/aromatic N) is 3. The minimum atomic E-state index is -0.258. The summed E-state index contributed by atoms with van der Waals surface area (Å²) in [4.78, 5) is 18.4. The Morgan fingerprint density at radius 2 is 1.93 bits per heavy atom. The van der Waals surface area contributed by atoms with Crippen LogP contribution in [0, 0.1) is 0 Å². The molecule has 2 atom stereocenters. The van der Waals surface area contributed by atoms with Crippen LogP contribution in [0.15, 0.2) is 73.1 Å². The molecule has 4 rings (SSSR count). The fraction of sp³-hybridized carbons (Fsp3) is 0.227. The van der Waals surface area contributed by atoms with E-state index in [9.17, 15) is 4.79 Å². The predicted octanol–water partition coefficient (Wildman–Crippen LogP) is 3.41. The van der Waals surface area contributed by atoms with E-state index >= 15 is 0 Å². The average molecular weight is 407 g/mol. The van der Waals surface area contributed by atoms with Crippen molar-refractivity contribution < 1.29 is 9.53 Å².